The first kappa shape index (κ1) is 11.3. The molecule has 3 nitrogen and oxygen atoms in total. The smallest absolute Gasteiger partial charge is 0.105 e. The van der Waals surface area contributed by atoms with E-state index in [2.05, 4.69) is 11.9 Å². The summed E-state index contributed by atoms with van der Waals surface area (Å²) in [6.45, 7) is 4.84. The predicted octanol–water partition coefficient (Wildman–Crippen LogP) is 1.41. The molecule has 0 aliphatic carbocycles. The highest BCUT2D eigenvalue weighted by Gasteiger charge is 2.01. The minimum Gasteiger partial charge on any atom is -0.466 e. The van der Waals surface area contributed by atoms with Crippen LogP contribution in [0, 0.1) is 6.92 Å². The van der Waals surface area contributed by atoms with Crippen LogP contribution >= 0.6 is 0 Å². The Morgan fingerprint density at radius 2 is 2.14 bits per heavy atom. The summed E-state index contributed by atoms with van der Waals surface area (Å²) in [5, 5.41) is 0. The predicted molar refractivity (Wildman–Crippen MR) is 58.3 cm³/mol. The van der Waals surface area contributed by atoms with Crippen molar-refractivity contribution >= 4 is 0 Å². The van der Waals surface area contributed by atoms with Crippen LogP contribution in [0.25, 0.3) is 0 Å². The Kier molecular flexibility index (Phi) is 4.70. The zero-order chi connectivity index (χ0) is 10.4. The minimum atomic E-state index is 0.768. The van der Waals surface area contributed by atoms with Gasteiger partial charge < -0.3 is 15.1 Å². The molecule has 1 aromatic heterocycles. The number of hydrogen-bond acceptors (Lipinski definition) is 3. The van der Waals surface area contributed by atoms with E-state index in [-0.39, 0.29) is 0 Å². The van der Waals surface area contributed by atoms with E-state index >= 15 is 0 Å². The molecule has 0 aliphatic rings. The van der Waals surface area contributed by atoms with Gasteiger partial charge in [0, 0.05) is 13.0 Å². The zero-order valence-corrected chi connectivity index (χ0v) is 9.12. The molecule has 0 radical (unpaired) electrons. The second kappa shape index (κ2) is 5.83. The third kappa shape index (κ3) is 3.94. The van der Waals surface area contributed by atoms with E-state index in [0.29, 0.717) is 0 Å². The second-order valence-electron chi connectivity index (χ2n) is 3.71. The highest BCUT2D eigenvalue weighted by molar-refractivity contribution is 5.05. The molecule has 1 heterocycles. The molecule has 14 heavy (non-hydrogen) atoms. The van der Waals surface area contributed by atoms with Gasteiger partial charge in [0.15, 0.2) is 0 Å². The molecule has 0 amide bonds. The number of furan rings is 1. The quantitative estimate of drug-likeness (QED) is 0.748. The zero-order valence-electron chi connectivity index (χ0n) is 9.12. The number of hydrogen-bond donors (Lipinski definition) is 1. The van der Waals surface area contributed by atoms with Gasteiger partial charge in [-0.2, -0.15) is 0 Å². The summed E-state index contributed by atoms with van der Waals surface area (Å²) >= 11 is 0. The van der Waals surface area contributed by atoms with Crippen molar-refractivity contribution < 1.29 is 4.42 Å². The fourth-order valence-corrected chi connectivity index (χ4v) is 1.39. The van der Waals surface area contributed by atoms with Crippen molar-refractivity contribution in [2.45, 2.75) is 19.8 Å². The van der Waals surface area contributed by atoms with Crippen LogP contribution < -0.4 is 5.73 Å². The lowest BCUT2D eigenvalue weighted by atomic mass is 10.3. The first-order chi connectivity index (χ1) is 6.72. The van der Waals surface area contributed by atoms with Crippen LogP contribution in [0.2, 0.25) is 0 Å². The first-order valence-corrected chi connectivity index (χ1v) is 5.16. The van der Waals surface area contributed by atoms with E-state index < -0.39 is 0 Å². The molecule has 0 aliphatic heterocycles. The van der Waals surface area contributed by atoms with Crippen molar-refractivity contribution in [1.29, 1.82) is 0 Å². The molecular weight excluding hydrogens is 176 g/mol. The Morgan fingerprint density at radius 1 is 1.36 bits per heavy atom. The van der Waals surface area contributed by atoms with Crippen molar-refractivity contribution in [2.24, 2.45) is 5.73 Å². The average molecular weight is 196 g/mol. The van der Waals surface area contributed by atoms with Gasteiger partial charge in [-0.25, -0.2) is 0 Å². The Labute approximate surface area is 85.9 Å². The molecule has 1 aromatic rings. The topological polar surface area (TPSA) is 42.4 Å². The SMILES string of the molecule is Cc1ccc(CCN(C)CCCN)o1. The van der Waals surface area contributed by atoms with Gasteiger partial charge in [-0.15, -0.1) is 0 Å². The summed E-state index contributed by atoms with van der Waals surface area (Å²) in [4.78, 5) is 2.28. The van der Waals surface area contributed by atoms with Crippen LogP contribution in [0.4, 0.5) is 0 Å². The molecule has 0 bridgehead atoms. The Hall–Kier alpha value is -0.800. The first-order valence-electron chi connectivity index (χ1n) is 5.16. The van der Waals surface area contributed by atoms with E-state index in [1.54, 1.807) is 0 Å². The molecule has 3 heteroatoms. The molecular formula is C11H20N2O. The van der Waals surface area contributed by atoms with Gasteiger partial charge >= 0.3 is 0 Å². The van der Waals surface area contributed by atoms with Crippen LogP contribution in [0.5, 0.6) is 0 Å². The Bertz CT molecular complexity index is 258. The number of nitrogens with zero attached hydrogens (tertiary/aromatic N) is 1. The van der Waals surface area contributed by atoms with E-state index in [9.17, 15) is 0 Å². The van der Waals surface area contributed by atoms with Crippen LogP contribution in [0.3, 0.4) is 0 Å². The van der Waals surface area contributed by atoms with Gasteiger partial charge in [0.05, 0.1) is 0 Å². The largest absolute Gasteiger partial charge is 0.466 e. The average Bonchev–Trinajstić information content (AvgIpc) is 2.58. The number of nitrogens with two attached hydrogens (primary N) is 1. The standard InChI is InChI=1S/C11H20N2O/c1-10-4-5-11(14-10)6-9-13(2)8-3-7-12/h4-5H,3,6-9,12H2,1-2H3. The van der Waals surface area contributed by atoms with Gasteiger partial charge in [-0.05, 0) is 45.6 Å². The molecule has 0 spiro atoms. The summed E-state index contributed by atoms with van der Waals surface area (Å²) in [6, 6.07) is 4.06. The van der Waals surface area contributed by atoms with E-state index in [1.807, 2.05) is 19.1 Å². The number of rotatable bonds is 6. The molecule has 0 saturated heterocycles. The number of likely N-dealkylation sites (N-methyl/N-ethyl adjacent to an activating group) is 1. The molecule has 1 rings (SSSR count). The molecule has 2 N–H and O–H groups in total. The van der Waals surface area contributed by atoms with Gasteiger partial charge in [0.2, 0.25) is 0 Å². The van der Waals surface area contributed by atoms with Gasteiger partial charge in [0.25, 0.3) is 0 Å². The fourth-order valence-electron chi connectivity index (χ4n) is 1.39. The highest BCUT2D eigenvalue weighted by atomic mass is 16.3. The summed E-state index contributed by atoms with van der Waals surface area (Å²) in [6.07, 6.45) is 2.04. The van der Waals surface area contributed by atoms with Crippen molar-refractivity contribution in [3.05, 3.63) is 23.7 Å². The van der Waals surface area contributed by atoms with Crippen molar-refractivity contribution in [1.82, 2.24) is 4.90 Å². The lowest BCUT2D eigenvalue weighted by molar-refractivity contribution is 0.323. The molecule has 0 unspecified atom stereocenters. The minimum absolute atomic E-state index is 0.768. The van der Waals surface area contributed by atoms with Gasteiger partial charge in [0.1, 0.15) is 11.5 Å². The summed E-state index contributed by atoms with van der Waals surface area (Å²) in [5.74, 6) is 2.06. The lowest BCUT2D eigenvalue weighted by Gasteiger charge is -2.14. The molecule has 80 valence electrons. The third-order valence-electron chi connectivity index (χ3n) is 2.28. The van der Waals surface area contributed by atoms with E-state index in [4.69, 9.17) is 10.2 Å². The van der Waals surface area contributed by atoms with Gasteiger partial charge in [-0.3, -0.25) is 0 Å². The summed E-state index contributed by atoms with van der Waals surface area (Å²) in [7, 11) is 2.12. The van der Waals surface area contributed by atoms with Gasteiger partial charge in [-0.1, -0.05) is 0 Å². The van der Waals surface area contributed by atoms with Crippen molar-refractivity contribution in [2.75, 3.05) is 26.7 Å². The second-order valence-corrected chi connectivity index (χ2v) is 3.71. The highest BCUT2D eigenvalue weighted by Crippen LogP contribution is 2.07. The molecule has 0 fully saturated rings. The molecule has 0 aromatic carbocycles. The monoisotopic (exact) mass is 196 g/mol. The van der Waals surface area contributed by atoms with Crippen LogP contribution in [0.15, 0.2) is 16.5 Å². The van der Waals surface area contributed by atoms with Crippen LogP contribution in [-0.2, 0) is 6.42 Å². The van der Waals surface area contributed by atoms with Crippen LogP contribution in [-0.4, -0.2) is 31.6 Å². The maximum Gasteiger partial charge on any atom is 0.105 e. The van der Waals surface area contributed by atoms with Crippen molar-refractivity contribution in [3.63, 3.8) is 0 Å². The normalized spacial score (nSPS) is 11.1. The van der Waals surface area contributed by atoms with E-state index in [1.165, 1.54) is 0 Å². The fraction of sp³-hybridized carbons (Fsp3) is 0.636. The number of aryl methyl sites for hydroxylation is 1. The third-order valence-corrected chi connectivity index (χ3v) is 2.28. The Morgan fingerprint density at radius 3 is 2.71 bits per heavy atom. The van der Waals surface area contributed by atoms with Crippen molar-refractivity contribution in [3.8, 4) is 0 Å². The lowest BCUT2D eigenvalue weighted by Crippen LogP contribution is -2.24. The summed E-state index contributed by atoms with van der Waals surface area (Å²) in [5.41, 5.74) is 5.44. The maximum atomic E-state index is 5.49. The Balaban J connectivity index is 2.20. The van der Waals surface area contributed by atoms with Crippen LogP contribution in [0.1, 0.15) is 17.9 Å². The maximum absolute atomic E-state index is 5.49. The molecule has 0 atom stereocenters. The molecule has 0 saturated carbocycles. The summed E-state index contributed by atoms with van der Waals surface area (Å²) < 4.78 is 5.49. The van der Waals surface area contributed by atoms with E-state index in [0.717, 1.165) is 44.0 Å².